The fourth-order valence-electron chi connectivity index (χ4n) is 2.00. The highest BCUT2D eigenvalue weighted by Crippen LogP contribution is 2.27. The van der Waals surface area contributed by atoms with Crippen molar-refractivity contribution in [1.29, 1.82) is 0 Å². The van der Waals surface area contributed by atoms with E-state index in [2.05, 4.69) is 6.58 Å². The van der Waals surface area contributed by atoms with E-state index in [0.29, 0.717) is 5.56 Å². The van der Waals surface area contributed by atoms with Gasteiger partial charge in [-0.3, -0.25) is 0 Å². The van der Waals surface area contributed by atoms with Crippen molar-refractivity contribution in [1.82, 2.24) is 0 Å². The number of carbonyl (C=O) groups excluding carboxylic acids is 1. The van der Waals surface area contributed by atoms with Gasteiger partial charge in [0.2, 0.25) is 0 Å². The van der Waals surface area contributed by atoms with Gasteiger partial charge in [0.05, 0.1) is 19.8 Å². The van der Waals surface area contributed by atoms with Crippen LogP contribution >= 0.6 is 0 Å². The topological polar surface area (TPSA) is 35.5 Å². The molecule has 0 bridgehead atoms. The lowest BCUT2D eigenvalue weighted by atomic mass is 9.95. The number of hydrogen-bond donors (Lipinski definition) is 0. The van der Waals surface area contributed by atoms with Crippen molar-refractivity contribution in [2.75, 3.05) is 14.2 Å². The first-order chi connectivity index (χ1) is 9.67. The number of carbonyl (C=O) groups is 1. The number of benzene rings is 2. The molecular formula is C17H16O3. The molecule has 20 heavy (non-hydrogen) atoms. The first-order valence-electron chi connectivity index (χ1n) is 6.18. The summed E-state index contributed by atoms with van der Waals surface area (Å²) >= 11 is 0. The van der Waals surface area contributed by atoms with Gasteiger partial charge in [-0.25, -0.2) is 4.79 Å². The maximum Gasteiger partial charge on any atom is 0.338 e. The molecule has 3 nitrogen and oxygen atoms in total. The SMILES string of the molecule is C=C(c1cccc(OC)c1)c1ccccc1C(=O)OC. The summed E-state index contributed by atoms with van der Waals surface area (Å²) in [5.74, 6) is 0.379. The molecule has 0 amide bonds. The van der Waals surface area contributed by atoms with Gasteiger partial charge < -0.3 is 9.47 Å². The van der Waals surface area contributed by atoms with Crippen molar-refractivity contribution in [3.05, 3.63) is 71.8 Å². The summed E-state index contributed by atoms with van der Waals surface area (Å²) in [6, 6.07) is 14.8. The van der Waals surface area contributed by atoms with Gasteiger partial charge in [0, 0.05) is 0 Å². The molecule has 0 fully saturated rings. The van der Waals surface area contributed by atoms with Gasteiger partial charge in [0.15, 0.2) is 0 Å². The van der Waals surface area contributed by atoms with Crippen LogP contribution in [0.2, 0.25) is 0 Å². The average Bonchev–Trinajstić information content (AvgIpc) is 2.53. The second kappa shape index (κ2) is 6.06. The minimum Gasteiger partial charge on any atom is -0.497 e. The molecule has 2 aromatic carbocycles. The molecule has 0 radical (unpaired) electrons. The molecule has 3 heteroatoms. The summed E-state index contributed by atoms with van der Waals surface area (Å²) in [4.78, 5) is 11.8. The van der Waals surface area contributed by atoms with Crippen LogP contribution in [-0.4, -0.2) is 20.2 Å². The van der Waals surface area contributed by atoms with Crippen LogP contribution in [-0.2, 0) is 4.74 Å². The lowest BCUT2D eigenvalue weighted by Gasteiger charge is -2.11. The summed E-state index contributed by atoms with van der Waals surface area (Å²) in [5, 5.41) is 0. The minimum absolute atomic E-state index is 0.371. The normalized spacial score (nSPS) is 9.90. The van der Waals surface area contributed by atoms with Crippen molar-refractivity contribution in [3.63, 3.8) is 0 Å². The van der Waals surface area contributed by atoms with Gasteiger partial charge in [-0.2, -0.15) is 0 Å². The van der Waals surface area contributed by atoms with Gasteiger partial charge in [0.1, 0.15) is 5.75 Å². The van der Waals surface area contributed by atoms with E-state index in [1.54, 1.807) is 19.2 Å². The molecule has 0 saturated heterocycles. The maximum atomic E-state index is 11.8. The number of esters is 1. The molecule has 0 heterocycles. The Bertz CT molecular complexity index is 644. The highest BCUT2D eigenvalue weighted by atomic mass is 16.5. The molecule has 0 aromatic heterocycles. The quantitative estimate of drug-likeness (QED) is 0.796. The molecule has 0 spiro atoms. The zero-order chi connectivity index (χ0) is 14.5. The molecule has 102 valence electrons. The molecule has 0 aliphatic rings. The van der Waals surface area contributed by atoms with E-state index in [1.807, 2.05) is 36.4 Å². The van der Waals surface area contributed by atoms with Gasteiger partial charge in [-0.15, -0.1) is 0 Å². The minimum atomic E-state index is -0.371. The standard InChI is InChI=1S/C17H16O3/c1-12(13-7-6-8-14(11-13)19-2)15-9-4-5-10-16(15)17(18)20-3/h4-11H,1H2,2-3H3. The summed E-state index contributed by atoms with van der Waals surface area (Å²) < 4.78 is 10.0. The molecular weight excluding hydrogens is 252 g/mol. The zero-order valence-corrected chi connectivity index (χ0v) is 11.6. The third-order valence-electron chi connectivity index (χ3n) is 3.08. The van der Waals surface area contributed by atoms with Gasteiger partial charge >= 0.3 is 5.97 Å². The van der Waals surface area contributed by atoms with Crippen molar-refractivity contribution in [2.45, 2.75) is 0 Å². The summed E-state index contributed by atoms with van der Waals surface area (Å²) in [6.07, 6.45) is 0. The van der Waals surface area contributed by atoms with Crippen molar-refractivity contribution >= 4 is 11.5 Å². The lowest BCUT2D eigenvalue weighted by molar-refractivity contribution is 0.0600. The number of ether oxygens (including phenoxy) is 2. The van der Waals surface area contributed by atoms with Crippen LogP contribution in [0.5, 0.6) is 5.75 Å². The molecule has 0 aliphatic carbocycles. The zero-order valence-electron chi connectivity index (χ0n) is 11.6. The predicted octanol–water partition coefficient (Wildman–Crippen LogP) is 3.54. The first-order valence-corrected chi connectivity index (χ1v) is 6.18. The third kappa shape index (κ3) is 2.72. The Morgan fingerprint density at radius 2 is 1.70 bits per heavy atom. The smallest absolute Gasteiger partial charge is 0.338 e. The summed E-state index contributed by atoms with van der Waals surface area (Å²) in [6.45, 7) is 4.08. The van der Waals surface area contributed by atoms with Gasteiger partial charge in [0.25, 0.3) is 0 Å². The Labute approximate surface area is 118 Å². The summed E-state index contributed by atoms with van der Waals surface area (Å²) in [5.41, 5.74) is 2.92. The molecule has 2 aromatic rings. The van der Waals surface area contributed by atoms with Crippen LogP contribution in [0.4, 0.5) is 0 Å². The Morgan fingerprint density at radius 1 is 1.00 bits per heavy atom. The fourth-order valence-corrected chi connectivity index (χ4v) is 2.00. The van der Waals surface area contributed by atoms with Gasteiger partial charge in [-0.1, -0.05) is 36.9 Å². The molecule has 0 atom stereocenters. The van der Waals surface area contributed by atoms with E-state index in [0.717, 1.165) is 22.4 Å². The number of rotatable bonds is 4. The Morgan fingerprint density at radius 3 is 2.35 bits per heavy atom. The highest BCUT2D eigenvalue weighted by Gasteiger charge is 2.14. The third-order valence-corrected chi connectivity index (χ3v) is 3.08. The van der Waals surface area contributed by atoms with Crippen LogP contribution in [0, 0.1) is 0 Å². The van der Waals surface area contributed by atoms with Crippen LogP contribution in [0.1, 0.15) is 21.5 Å². The van der Waals surface area contributed by atoms with Crippen molar-refractivity contribution in [2.24, 2.45) is 0 Å². The lowest BCUT2D eigenvalue weighted by Crippen LogP contribution is -2.05. The van der Waals surface area contributed by atoms with Crippen LogP contribution < -0.4 is 4.74 Å². The maximum absolute atomic E-state index is 11.8. The second-order valence-electron chi connectivity index (χ2n) is 4.25. The summed E-state index contributed by atoms with van der Waals surface area (Å²) in [7, 11) is 2.98. The Kier molecular flexibility index (Phi) is 4.20. The molecule has 0 saturated carbocycles. The van der Waals surface area contributed by atoms with Crippen molar-refractivity contribution < 1.29 is 14.3 Å². The predicted molar refractivity (Wildman–Crippen MR) is 78.9 cm³/mol. The van der Waals surface area contributed by atoms with Crippen molar-refractivity contribution in [3.8, 4) is 5.75 Å². The van der Waals surface area contributed by atoms with E-state index >= 15 is 0 Å². The Balaban J connectivity index is 2.45. The van der Waals surface area contributed by atoms with E-state index < -0.39 is 0 Å². The second-order valence-corrected chi connectivity index (χ2v) is 4.25. The monoisotopic (exact) mass is 268 g/mol. The largest absolute Gasteiger partial charge is 0.497 e. The number of hydrogen-bond acceptors (Lipinski definition) is 3. The van der Waals surface area contributed by atoms with E-state index in [4.69, 9.17) is 9.47 Å². The van der Waals surface area contributed by atoms with E-state index in [-0.39, 0.29) is 5.97 Å². The first kappa shape index (κ1) is 13.9. The molecule has 0 aliphatic heterocycles. The highest BCUT2D eigenvalue weighted by molar-refractivity contribution is 5.97. The molecule has 0 unspecified atom stereocenters. The number of methoxy groups -OCH3 is 2. The average molecular weight is 268 g/mol. The van der Waals surface area contributed by atoms with E-state index in [1.165, 1.54) is 7.11 Å². The molecule has 2 rings (SSSR count). The molecule has 0 N–H and O–H groups in total. The van der Waals surface area contributed by atoms with E-state index in [9.17, 15) is 4.79 Å². The van der Waals surface area contributed by atoms with Crippen LogP contribution in [0.15, 0.2) is 55.1 Å². The van der Waals surface area contributed by atoms with Gasteiger partial charge in [-0.05, 0) is 34.9 Å². The fraction of sp³-hybridized carbons (Fsp3) is 0.118. The van der Waals surface area contributed by atoms with Crippen LogP contribution in [0.3, 0.4) is 0 Å². The van der Waals surface area contributed by atoms with Crippen LogP contribution in [0.25, 0.3) is 5.57 Å². The Hall–Kier alpha value is -2.55.